The molecule has 2 aromatic rings. The van der Waals surface area contributed by atoms with Gasteiger partial charge in [0.25, 0.3) is 23.6 Å². The van der Waals surface area contributed by atoms with E-state index in [1.54, 1.807) is 48.6 Å². The number of amides is 4. The first-order chi connectivity index (χ1) is 23.7. The Hall–Kier alpha value is -4.89. The number of benzene rings is 2. The maximum Gasteiger partial charge on any atom is 0.303 e. The fraction of sp³-hybridized carbons (Fsp3) is 0.353. The van der Waals surface area contributed by atoms with Crippen molar-refractivity contribution in [1.82, 2.24) is 15.1 Å². The van der Waals surface area contributed by atoms with Crippen molar-refractivity contribution in [3.63, 3.8) is 0 Å². The number of morpholine rings is 2. The van der Waals surface area contributed by atoms with Crippen LogP contribution in [-0.4, -0.2) is 103 Å². The molecule has 0 spiro atoms. The Labute approximate surface area is 285 Å². The summed E-state index contributed by atoms with van der Waals surface area (Å²) < 4.78 is 16.6. The Morgan fingerprint density at radius 3 is 2.47 bits per heavy atom. The van der Waals surface area contributed by atoms with E-state index in [1.807, 2.05) is 6.07 Å². The molecule has 0 radical (unpaired) electrons. The number of esters is 1. The van der Waals surface area contributed by atoms with Gasteiger partial charge in [0, 0.05) is 61.5 Å². The summed E-state index contributed by atoms with van der Waals surface area (Å²) >= 11 is 6.51. The van der Waals surface area contributed by atoms with E-state index in [0.717, 1.165) is 30.5 Å². The molecule has 1 unspecified atom stereocenters. The fourth-order valence-corrected chi connectivity index (χ4v) is 6.57. The minimum Gasteiger partial charge on any atom is -0.449 e. The van der Waals surface area contributed by atoms with Gasteiger partial charge in [-0.05, 0) is 48.0 Å². The second-order valence-electron chi connectivity index (χ2n) is 12.0. The van der Waals surface area contributed by atoms with E-state index in [4.69, 9.17) is 30.6 Å². The zero-order valence-electron chi connectivity index (χ0n) is 26.4. The summed E-state index contributed by atoms with van der Waals surface area (Å²) in [7, 11) is 0. The van der Waals surface area contributed by atoms with E-state index in [9.17, 15) is 24.0 Å². The number of nitrogens with one attached hydrogen (secondary N) is 1. The zero-order chi connectivity index (χ0) is 34.2. The van der Waals surface area contributed by atoms with Gasteiger partial charge in [0.15, 0.2) is 18.0 Å². The van der Waals surface area contributed by atoms with Gasteiger partial charge in [-0.3, -0.25) is 28.9 Å². The van der Waals surface area contributed by atoms with E-state index in [2.05, 4.69) is 15.4 Å². The normalized spacial score (nSPS) is 22.8. The minimum atomic E-state index is -1.60. The van der Waals surface area contributed by atoms with Crippen molar-refractivity contribution in [2.45, 2.75) is 38.2 Å². The van der Waals surface area contributed by atoms with E-state index in [0.29, 0.717) is 41.7 Å². The largest absolute Gasteiger partial charge is 0.449 e. The lowest BCUT2D eigenvalue weighted by molar-refractivity contribution is -0.169. The lowest BCUT2D eigenvalue weighted by Crippen LogP contribution is -2.57. The number of halogens is 1. The lowest BCUT2D eigenvalue weighted by Gasteiger charge is -2.35. The highest BCUT2D eigenvalue weighted by atomic mass is 35.5. The lowest BCUT2D eigenvalue weighted by atomic mass is 9.98. The molecule has 1 N–H and O–H groups in total. The van der Waals surface area contributed by atoms with Crippen molar-refractivity contribution in [1.29, 1.82) is 0 Å². The smallest absolute Gasteiger partial charge is 0.303 e. The molecule has 3 atom stereocenters. The molecule has 1 aliphatic carbocycles. The van der Waals surface area contributed by atoms with Crippen LogP contribution in [0.4, 0.5) is 5.69 Å². The zero-order valence-corrected chi connectivity index (χ0v) is 27.2. The SMILES string of the molecule is CC(=O)O[C@@H](C(=O)NC1=CC=C2C(N3C(=O)c4ccccc4C3=O)=NOC2C1)[C@H]1OCCN(c2ccc(Cl)c(CN3CCOCC3)c2)C1=O. The minimum absolute atomic E-state index is 0.0761. The Kier molecular flexibility index (Phi) is 9.03. The first kappa shape index (κ1) is 32.6. The van der Waals surface area contributed by atoms with Gasteiger partial charge in [-0.25, -0.2) is 4.90 Å². The van der Waals surface area contributed by atoms with Gasteiger partial charge < -0.3 is 29.3 Å². The summed E-state index contributed by atoms with van der Waals surface area (Å²) in [4.78, 5) is 75.9. The molecule has 4 aliphatic heterocycles. The van der Waals surface area contributed by atoms with Crippen LogP contribution < -0.4 is 10.2 Å². The number of hydrogen-bond acceptors (Lipinski definition) is 11. The van der Waals surface area contributed by atoms with Crippen molar-refractivity contribution in [2.75, 3.05) is 44.4 Å². The summed E-state index contributed by atoms with van der Waals surface area (Å²) in [5, 5.41) is 7.32. The summed E-state index contributed by atoms with van der Waals surface area (Å²) in [5.41, 5.74) is 2.83. The van der Waals surface area contributed by atoms with Crippen LogP contribution in [0.25, 0.3) is 0 Å². The number of fused-ring (bicyclic) bond motifs is 2. The number of rotatable bonds is 7. The van der Waals surface area contributed by atoms with Crippen LogP contribution in [0.3, 0.4) is 0 Å². The average Bonchev–Trinajstić information content (AvgIpc) is 3.62. The molecule has 5 aliphatic rings. The maximum absolute atomic E-state index is 13.8. The molecule has 15 heteroatoms. The Morgan fingerprint density at radius 2 is 1.76 bits per heavy atom. The molecular formula is C34H32ClN5O9. The standard InChI is InChI=1S/C34H32ClN5O9/c1-19(41)48-28(29-34(45)39(12-15-47-29)22-7-9-26(35)20(16-22)18-38-10-13-46-14-11-38)31(42)36-21-6-8-25-27(17-21)49-37-30(25)40-32(43)23-4-2-3-5-24(23)33(40)44/h2-9,16,27-29H,10-15,17-18H2,1H3,(H,36,42)/t27?,28-,29-/m1/s1. The summed E-state index contributed by atoms with van der Waals surface area (Å²) in [6, 6.07) is 11.8. The third-order valence-electron chi connectivity index (χ3n) is 8.82. The number of oxime groups is 1. The number of amidine groups is 1. The van der Waals surface area contributed by atoms with Crippen molar-refractivity contribution in [3.05, 3.63) is 87.6 Å². The first-order valence-electron chi connectivity index (χ1n) is 15.8. The monoisotopic (exact) mass is 689 g/mol. The van der Waals surface area contributed by atoms with Crippen molar-refractivity contribution >= 4 is 52.7 Å². The highest BCUT2D eigenvalue weighted by Crippen LogP contribution is 2.33. The van der Waals surface area contributed by atoms with E-state index in [1.165, 1.54) is 4.90 Å². The predicted octanol–water partition coefficient (Wildman–Crippen LogP) is 2.17. The third kappa shape index (κ3) is 6.35. The average molecular weight is 690 g/mol. The number of hydrogen-bond donors (Lipinski definition) is 1. The van der Waals surface area contributed by atoms with E-state index >= 15 is 0 Å². The molecule has 7 rings (SSSR count). The van der Waals surface area contributed by atoms with E-state index < -0.39 is 47.9 Å². The molecule has 0 aromatic heterocycles. The van der Waals surface area contributed by atoms with Gasteiger partial charge >= 0.3 is 5.97 Å². The predicted molar refractivity (Wildman–Crippen MR) is 173 cm³/mol. The van der Waals surface area contributed by atoms with Crippen LogP contribution in [0.5, 0.6) is 0 Å². The summed E-state index contributed by atoms with van der Waals surface area (Å²) in [6.45, 7) is 4.82. The van der Waals surface area contributed by atoms with Gasteiger partial charge in [0.1, 0.15) is 0 Å². The molecule has 14 nitrogen and oxygen atoms in total. The van der Waals surface area contributed by atoms with Crippen molar-refractivity contribution < 1.29 is 43.0 Å². The molecule has 0 bridgehead atoms. The molecule has 4 amide bonds. The topological polar surface area (TPSA) is 156 Å². The van der Waals surface area contributed by atoms with Gasteiger partial charge in [-0.1, -0.05) is 28.9 Å². The van der Waals surface area contributed by atoms with Crippen LogP contribution >= 0.6 is 11.6 Å². The third-order valence-corrected chi connectivity index (χ3v) is 9.19. The maximum atomic E-state index is 13.8. The van der Waals surface area contributed by atoms with Crippen molar-refractivity contribution in [2.24, 2.45) is 5.16 Å². The number of carbonyl (C=O) groups is 5. The molecule has 0 saturated carbocycles. The molecule has 2 saturated heterocycles. The number of anilines is 1. The summed E-state index contributed by atoms with van der Waals surface area (Å²) in [6.07, 6.45) is -0.434. The van der Waals surface area contributed by atoms with Crippen LogP contribution in [0, 0.1) is 0 Å². The van der Waals surface area contributed by atoms with Gasteiger partial charge in [-0.15, -0.1) is 0 Å². The second-order valence-corrected chi connectivity index (χ2v) is 12.4. The second kappa shape index (κ2) is 13.6. The quantitative estimate of drug-likeness (QED) is 0.338. The molecule has 49 heavy (non-hydrogen) atoms. The highest BCUT2D eigenvalue weighted by molar-refractivity contribution is 6.32. The van der Waals surface area contributed by atoms with Crippen LogP contribution in [0.15, 0.2) is 71.0 Å². The number of imide groups is 1. The number of allylic oxidation sites excluding steroid dienone is 2. The Bertz CT molecular complexity index is 1800. The molecular weight excluding hydrogens is 658 g/mol. The van der Waals surface area contributed by atoms with Gasteiger partial charge in [-0.2, -0.15) is 0 Å². The summed E-state index contributed by atoms with van der Waals surface area (Å²) in [5.74, 6) is -3.03. The van der Waals surface area contributed by atoms with Crippen LogP contribution in [-0.2, 0) is 40.0 Å². The first-order valence-corrected chi connectivity index (χ1v) is 16.2. The van der Waals surface area contributed by atoms with Gasteiger partial charge in [0.05, 0.1) is 30.9 Å². The molecule has 2 aromatic carbocycles. The number of nitrogens with zero attached hydrogens (tertiary/aromatic N) is 4. The Morgan fingerprint density at radius 1 is 1.02 bits per heavy atom. The molecule has 4 heterocycles. The van der Waals surface area contributed by atoms with Crippen molar-refractivity contribution in [3.8, 4) is 0 Å². The Balaban J connectivity index is 1.06. The number of carbonyl (C=O) groups excluding carboxylic acids is 5. The van der Waals surface area contributed by atoms with Crippen LogP contribution in [0.1, 0.15) is 39.6 Å². The number of ether oxygens (including phenoxy) is 3. The molecule has 254 valence electrons. The highest BCUT2D eigenvalue weighted by Gasteiger charge is 2.46. The fourth-order valence-electron chi connectivity index (χ4n) is 6.39. The molecule has 2 fully saturated rings. The van der Waals surface area contributed by atoms with Crippen LogP contribution in [0.2, 0.25) is 5.02 Å². The van der Waals surface area contributed by atoms with Gasteiger partial charge in [0.2, 0.25) is 6.10 Å². The van der Waals surface area contributed by atoms with E-state index in [-0.39, 0.29) is 36.5 Å².